The van der Waals surface area contributed by atoms with Crippen molar-refractivity contribution in [3.8, 4) is 17.4 Å². The summed E-state index contributed by atoms with van der Waals surface area (Å²) in [6, 6.07) is 7.43. The molecule has 1 heterocycles. The number of anilines is 1. The van der Waals surface area contributed by atoms with E-state index in [1.807, 2.05) is 45.2 Å². The van der Waals surface area contributed by atoms with Crippen LogP contribution in [0, 0.1) is 0 Å². The fourth-order valence-electron chi connectivity index (χ4n) is 1.84. The molecule has 102 valence electrons. The van der Waals surface area contributed by atoms with E-state index in [1.165, 1.54) is 0 Å². The molecule has 0 bridgehead atoms. The number of benzene rings is 1. The zero-order valence-electron chi connectivity index (χ0n) is 11.5. The number of nitrogens with zero attached hydrogens (tertiary/aromatic N) is 2. The van der Waals surface area contributed by atoms with Crippen molar-refractivity contribution in [2.75, 3.05) is 12.3 Å². The second-order valence-corrected chi connectivity index (χ2v) is 4.15. The van der Waals surface area contributed by atoms with Gasteiger partial charge in [0.05, 0.1) is 12.3 Å². The maximum absolute atomic E-state index is 6.01. The van der Waals surface area contributed by atoms with Crippen LogP contribution in [0.3, 0.4) is 0 Å². The van der Waals surface area contributed by atoms with Crippen LogP contribution in [0.4, 0.5) is 5.69 Å². The van der Waals surface area contributed by atoms with E-state index in [2.05, 4.69) is 5.10 Å². The molecule has 5 heteroatoms. The molecule has 0 fully saturated rings. The fraction of sp³-hybridized carbons (Fsp3) is 0.357. The molecule has 0 amide bonds. The van der Waals surface area contributed by atoms with Gasteiger partial charge in [-0.05, 0) is 37.6 Å². The molecule has 0 aliphatic rings. The van der Waals surface area contributed by atoms with Gasteiger partial charge < -0.3 is 15.2 Å². The molecule has 19 heavy (non-hydrogen) atoms. The molecule has 0 unspecified atom stereocenters. The van der Waals surface area contributed by atoms with Gasteiger partial charge in [0.1, 0.15) is 17.2 Å². The highest BCUT2D eigenvalue weighted by Gasteiger charge is 2.13. The molecule has 0 saturated heterocycles. The summed E-state index contributed by atoms with van der Waals surface area (Å²) in [6.07, 6.45) is 0.784. The van der Waals surface area contributed by atoms with Crippen LogP contribution in [0.1, 0.15) is 19.5 Å². The Labute approximate surface area is 112 Å². The largest absolute Gasteiger partial charge is 0.494 e. The summed E-state index contributed by atoms with van der Waals surface area (Å²) < 4.78 is 12.8. The van der Waals surface area contributed by atoms with E-state index in [-0.39, 0.29) is 0 Å². The Kier molecular flexibility index (Phi) is 3.94. The SMILES string of the molecule is CCOc1ccc(Oc2c(N)c(CC)nn2C)cc1. The first-order chi connectivity index (χ1) is 9.15. The average Bonchev–Trinajstić information content (AvgIpc) is 2.68. The summed E-state index contributed by atoms with van der Waals surface area (Å²) >= 11 is 0. The number of hydrogen-bond donors (Lipinski definition) is 1. The minimum atomic E-state index is 0.570. The first kappa shape index (κ1) is 13.3. The number of ether oxygens (including phenoxy) is 2. The van der Waals surface area contributed by atoms with Crippen molar-refractivity contribution >= 4 is 5.69 Å². The molecule has 0 aliphatic heterocycles. The third-order valence-corrected chi connectivity index (χ3v) is 2.79. The molecule has 1 aromatic carbocycles. The maximum Gasteiger partial charge on any atom is 0.241 e. The monoisotopic (exact) mass is 261 g/mol. The zero-order valence-corrected chi connectivity index (χ0v) is 11.5. The third kappa shape index (κ3) is 2.81. The second kappa shape index (κ2) is 5.65. The fourth-order valence-corrected chi connectivity index (χ4v) is 1.84. The van der Waals surface area contributed by atoms with Gasteiger partial charge in [-0.1, -0.05) is 6.92 Å². The molecule has 0 spiro atoms. The van der Waals surface area contributed by atoms with Crippen molar-refractivity contribution in [3.63, 3.8) is 0 Å². The third-order valence-electron chi connectivity index (χ3n) is 2.79. The van der Waals surface area contributed by atoms with E-state index in [4.69, 9.17) is 15.2 Å². The Balaban J connectivity index is 2.19. The minimum Gasteiger partial charge on any atom is -0.494 e. The Morgan fingerprint density at radius 2 is 1.79 bits per heavy atom. The van der Waals surface area contributed by atoms with Crippen molar-refractivity contribution in [2.45, 2.75) is 20.3 Å². The lowest BCUT2D eigenvalue weighted by atomic mass is 10.3. The van der Waals surface area contributed by atoms with E-state index in [0.717, 1.165) is 17.9 Å². The number of aromatic nitrogens is 2. The summed E-state index contributed by atoms with van der Waals surface area (Å²) in [5.74, 6) is 2.10. The molecule has 5 nitrogen and oxygen atoms in total. The zero-order chi connectivity index (χ0) is 13.8. The van der Waals surface area contributed by atoms with Crippen LogP contribution < -0.4 is 15.2 Å². The summed E-state index contributed by atoms with van der Waals surface area (Å²) in [4.78, 5) is 0. The van der Waals surface area contributed by atoms with Gasteiger partial charge >= 0.3 is 0 Å². The first-order valence-electron chi connectivity index (χ1n) is 6.37. The lowest BCUT2D eigenvalue weighted by Gasteiger charge is -2.08. The van der Waals surface area contributed by atoms with Crippen molar-refractivity contribution < 1.29 is 9.47 Å². The van der Waals surface area contributed by atoms with E-state index >= 15 is 0 Å². The molecule has 0 saturated carbocycles. The van der Waals surface area contributed by atoms with Gasteiger partial charge in [0, 0.05) is 7.05 Å². The minimum absolute atomic E-state index is 0.570. The highest BCUT2D eigenvalue weighted by molar-refractivity contribution is 5.54. The second-order valence-electron chi connectivity index (χ2n) is 4.15. The average molecular weight is 261 g/mol. The first-order valence-corrected chi connectivity index (χ1v) is 6.37. The molecule has 0 aliphatic carbocycles. The Morgan fingerprint density at radius 1 is 1.16 bits per heavy atom. The van der Waals surface area contributed by atoms with Crippen molar-refractivity contribution in [1.29, 1.82) is 0 Å². The van der Waals surface area contributed by atoms with Gasteiger partial charge in [0.25, 0.3) is 0 Å². The Bertz CT molecular complexity index is 547. The summed E-state index contributed by atoms with van der Waals surface area (Å²) in [5.41, 5.74) is 7.45. The van der Waals surface area contributed by atoms with Crippen LogP contribution in [-0.2, 0) is 13.5 Å². The lowest BCUT2D eigenvalue weighted by molar-refractivity contribution is 0.339. The molecule has 1 aromatic heterocycles. The molecule has 2 rings (SSSR count). The number of nitrogens with two attached hydrogens (primary N) is 1. The van der Waals surface area contributed by atoms with Crippen LogP contribution in [0.2, 0.25) is 0 Å². The topological polar surface area (TPSA) is 62.3 Å². The lowest BCUT2D eigenvalue weighted by Crippen LogP contribution is -1.97. The van der Waals surface area contributed by atoms with Crippen LogP contribution in [-0.4, -0.2) is 16.4 Å². The summed E-state index contributed by atoms with van der Waals surface area (Å²) in [6.45, 7) is 4.61. The van der Waals surface area contributed by atoms with Crippen molar-refractivity contribution in [3.05, 3.63) is 30.0 Å². The maximum atomic E-state index is 6.01. The molecular weight excluding hydrogens is 242 g/mol. The number of rotatable bonds is 5. The van der Waals surface area contributed by atoms with E-state index in [1.54, 1.807) is 4.68 Å². The Morgan fingerprint density at radius 3 is 2.32 bits per heavy atom. The van der Waals surface area contributed by atoms with Crippen LogP contribution in [0.15, 0.2) is 24.3 Å². The molecule has 0 atom stereocenters. The predicted molar refractivity (Wildman–Crippen MR) is 74.7 cm³/mol. The predicted octanol–water partition coefficient (Wildman–Crippen LogP) is 2.76. The summed E-state index contributed by atoms with van der Waals surface area (Å²) in [5, 5.41) is 4.31. The van der Waals surface area contributed by atoms with E-state index in [0.29, 0.717) is 23.9 Å². The number of nitrogen functional groups attached to an aromatic ring is 1. The molecule has 2 aromatic rings. The van der Waals surface area contributed by atoms with Gasteiger partial charge in [-0.25, -0.2) is 4.68 Å². The van der Waals surface area contributed by atoms with Crippen LogP contribution in [0.5, 0.6) is 17.4 Å². The highest BCUT2D eigenvalue weighted by atomic mass is 16.5. The van der Waals surface area contributed by atoms with Gasteiger partial charge in [-0.2, -0.15) is 5.10 Å². The molecule has 0 radical (unpaired) electrons. The standard InChI is InChI=1S/C14H19N3O2/c1-4-12-13(15)14(17(3)16-12)19-11-8-6-10(7-9-11)18-5-2/h6-9H,4-5,15H2,1-3H3. The number of aryl methyl sites for hydroxylation is 2. The van der Waals surface area contributed by atoms with Crippen LogP contribution in [0.25, 0.3) is 0 Å². The quantitative estimate of drug-likeness (QED) is 0.899. The van der Waals surface area contributed by atoms with Gasteiger partial charge in [0.2, 0.25) is 5.88 Å². The van der Waals surface area contributed by atoms with Crippen molar-refractivity contribution in [2.24, 2.45) is 7.05 Å². The molecular formula is C14H19N3O2. The van der Waals surface area contributed by atoms with Crippen molar-refractivity contribution in [1.82, 2.24) is 9.78 Å². The smallest absolute Gasteiger partial charge is 0.241 e. The van der Waals surface area contributed by atoms with Gasteiger partial charge in [-0.15, -0.1) is 0 Å². The highest BCUT2D eigenvalue weighted by Crippen LogP contribution is 2.30. The van der Waals surface area contributed by atoms with Crippen LogP contribution >= 0.6 is 0 Å². The summed E-state index contributed by atoms with van der Waals surface area (Å²) in [7, 11) is 1.82. The molecule has 2 N–H and O–H groups in total. The number of hydrogen-bond acceptors (Lipinski definition) is 4. The van der Waals surface area contributed by atoms with Gasteiger partial charge in [-0.3, -0.25) is 0 Å². The Hall–Kier alpha value is -2.17. The van der Waals surface area contributed by atoms with E-state index < -0.39 is 0 Å². The van der Waals surface area contributed by atoms with Gasteiger partial charge in [0.15, 0.2) is 0 Å². The normalized spacial score (nSPS) is 10.5. The van der Waals surface area contributed by atoms with E-state index in [9.17, 15) is 0 Å².